The van der Waals surface area contributed by atoms with Gasteiger partial charge in [0, 0.05) is 19.7 Å². The van der Waals surface area contributed by atoms with Crippen molar-refractivity contribution in [3.8, 4) is 0 Å². The van der Waals surface area contributed by atoms with Crippen LogP contribution >= 0.6 is 0 Å². The van der Waals surface area contributed by atoms with E-state index in [0.717, 1.165) is 19.5 Å². The van der Waals surface area contributed by atoms with Crippen LogP contribution in [0.5, 0.6) is 0 Å². The molecule has 0 saturated carbocycles. The quantitative estimate of drug-likeness (QED) is 0.624. The largest absolute Gasteiger partial charge is 0.389 e. The molecular weight excluding hydrogens is 256 g/mol. The number of piperidine rings is 1. The number of ether oxygens (including phenoxy) is 2. The SMILES string of the molecule is CNCCC1CCCCN1CC(O)COC(C)COC. The van der Waals surface area contributed by atoms with Crippen molar-refractivity contribution in [2.45, 2.75) is 50.9 Å². The highest BCUT2D eigenvalue weighted by Crippen LogP contribution is 2.19. The third kappa shape index (κ3) is 6.99. The third-order valence-corrected chi connectivity index (χ3v) is 3.90. The summed E-state index contributed by atoms with van der Waals surface area (Å²) in [4.78, 5) is 2.43. The molecule has 1 aliphatic heterocycles. The lowest BCUT2D eigenvalue weighted by Crippen LogP contribution is -2.45. The summed E-state index contributed by atoms with van der Waals surface area (Å²) < 4.78 is 10.6. The Morgan fingerprint density at radius 1 is 1.35 bits per heavy atom. The zero-order chi connectivity index (χ0) is 14.8. The molecule has 0 aliphatic carbocycles. The molecule has 0 bridgehead atoms. The molecule has 3 atom stereocenters. The molecule has 0 aromatic heterocycles. The third-order valence-electron chi connectivity index (χ3n) is 3.90. The first-order valence-corrected chi connectivity index (χ1v) is 7.84. The summed E-state index contributed by atoms with van der Waals surface area (Å²) in [7, 11) is 3.66. The van der Waals surface area contributed by atoms with Crippen LogP contribution in [0.15, 0.2) is 0 Å². The number of rotatable bonds is 10. The molecule has 0 aromatic rings. The fourth-order valence-corrected chi connectivity index (χ4v) is 2.82. The van der Waals surface area contributed by atoms with Crippen LogP contribution < -0.4 is 5.32 Å². The van der Waals surface area contributed by atoms with Gasteiger partial charge in [0.1, 0.15) is 0 Å². The Labute approximate surface area is 123 Å². The number of nitrogens with one attached hydrogen (secondary N) is 1. The second-order valence-corrected chi connectivity index (χ2v) is 5.79. The van der Waals surface area contributed by atoms with Gasteiger partial charge in [0.15, 0.2) is 0 Å². The highest BCUT2D eigenvalue weighted by atomic mass is 16.5. The standard InChI is InChI=1S/C15H32N2O3/c1-13(11-19-3)20-12-15(18)10-17-9-5-4-6-14(17)7-8-16-2/h13-16,18H,4-12H2,1-3H3. The number of hydrogen-bond acceptors (Lipinski definition) is 5. The van der Waals surface area contributed by atoms with Gasteiger partial charge in [-0.15, -0.1) is 0 Å². The van der Waals surface area contributed by atoms with Crippen LogP contribution in [0.2, 0.25) is 0 Å². The van der Waals surface area contributed by atoms with Crippen LogP contribution in [0.25, 0.3) is 0 Å². The molecule has 20 heavy (non-hydrogen) atoms. The van der Waals surface area contributed by atoms with Crippen LogP contribution in [0, 0.1) is 0 Å². The highest BCUT2D eigenvalue weighted by molar-refractivity contribution is 4.79. The molecule has 1 rings (SSSR count). The number of nitrogens with zero attached hydrogens (tertiary/aromatic N) is 1. The van der Waals surface area contributed by atoms with Crippen molar-refractivity contribution in [1.29, 1.82) is 0 Å². The van der Waals surface area contributed by atoms with E-state index in [2.05, 4.69) is 10.2 Å². The predicted octanol–water partition coefficient (Wildman–Crippen LogP) is 0.863. The topological polar surface area (TPSA) is 54.0 Å². The Hall–Kier alpha value is -0.200. The summed E-state index contributed by atoms with van der Waals surface area (Å²) in [6.07, 6.45) is 4.58. The van der Waals surface area contributed by atoms with Gasteiger partial charge in [-0.25, -0.2) is 0 Å². The Morgan fingerprint density at radius 3 is 2.85 bits per heavy atom. The van der Waals surface area contributed by atoms with E-state index in [0.29, 0.717) is 25.8 Å². The number of likely N-dealkylation sites (tertiary alicyclic amines) is 1. The average Bonchev–Trinajstić information content (AvgIpc) is 2.44. The number of aliphatic hydroxyl groups excluding tert-OH is 1. The number of aliphatic hydroxyl groups is 1. The Kier molecular flexibility index (Phi) is 9.39. The molecule has 1 heterocycles. The van der Waals surface area contributed by atoms with Crippen LogP contribution in [0.4, 0.5) is 0 Å². The van der Waals surface area contributed by atoms with E-state index in [1.54, 1.807) is 7.11 Å². The van der Waals surface area contributed by atoms with Crippen LogP contribution in [0.1, 0.15) is 32.6 Å². The summed E-state index contributed by atoms with van der Waals surface area (Å²) >= 11 is 0. The van der Waals surface area contributed by atoms with Crippen LogP contribution in [0.3, 0.4) is 0 Å². The van der Waals surface area contributed by atoms with Gasteiger partial charge < -0.3 is 19.9 Å². The molecular formula is C15H32N2O3. The lowest BCUT2D eigenvalue weighted by Gasteiger charge is -2.37. The summed E-state index contributed by atoms with van der Waals surface area (Å²) in [6, 6.07) is 0.599. The van der Waals surface area contributed by atoms with E-state index in [9.17, 15) is 5.11 Å². The molecule has 5 nitrogen and oxygen atoms in total. The molecule has 0 aromatic carbocycles. The maximum absolute atomic E-state index is 10.1. The Morgan fingerprint density at radius 2 is 2.15 bits per heavy atom. The van der Waals surface area contributed by atoms with Crippen LogP contribution in [-0.4, -0.2) is 75.3 Å². The average molecular weight is 288 g/mol. The maximum Gasteiger partial charge on any atom is 0.0900 e. The van der Waals surface area contributed by atoms with Gasteiger partial charge in [-0.2, -0.15) is 0 Å². The van der Waals surface area contributed by atoms with E-state index < -0.39 is 6.10 Å². The molecule has 120 valence electrons. The second kappa shape index (κ2) is 10.5. The highest BCUT2D eigenvalue weighted by Gasteiger charge is 2.24. The monoisotopic (exact) mass is 288 g/mol. The van der Waals surface area contributed by atoms with E-state index >= 15 is 0 Å². The zero-order valence-corrected chi connectivity index (χ0v) is 13.3. The van der Waals surface area contributed by atoms with Crippen molar-refractivity contribution in [2.24, 2.45) is 0 Å². The minimum absolute atomic E-state index is 0.0381. The normalized spacial score (nSPS) is 23.7. The second-order valence-electron chi connectivity index (χ2n) is 5.79. The van der Waals surface area contributed by atoms with E-state index in [1.165, 1.54) is 19.3 Å². The molecule has 0 amide bonds. The van der Waals surface area contributed by atoms with E-state index in [4.69, 9.17) is 9.47 Å². The maximum atomic E-state index is 10.1. The van der Waals surface area contributed by atoms with Crippen molar-refractivity contribution in [3.63, 3.8) is 0 Å². The van der Waals surface area contributed by atoms with E-state index in [1.807, 2.05) is 14.0 Å². The van der Waals surface area contributed by atoms with Crippen LogP contribution in [-0.2, 0) is 9.47 Å². The fraction of sp³-hybridized carbons (Fsp3) is 1.00. The minimum atomic E-state index is -0.413. The molecule has 1 saturated heterocycles. The molecule has 0 spiro atoms. The lowest BCUT2D eigenvalue weighted by atomic mass is 9.99. The minimum Gasteiger partial charge on any atom is -0.389 e. The van der Waals surface area contributed by atoms with Gasteiger partial charge in [-0.3, -0.25) is 4.90 Å². The van der Waals surface area contributed by atoms with Crippen molar-refractivity contribution in [3.05, 3.63) is 0 Å². The summed E-state index contributed by atoms with van der Waals surface area (Å²) in [5.74, 6) is 0. The fourth-order valence-electron chi connectivity index (χ4n) is 2.82. The Balaban J connectivity index is 2.28. The molecule has 3 unspecified atom stereocenters. The van der Waals surface area contributed by atoms with Crippen molar-refractivity contribution < 1.29 is 14.6 Å². The lowest BCUT2D eigenvalue weighted by molar-refractivity contribution is -0.0454. The number of β-amino-alcohol motifs (C(OH)–C–C–N with tert-alkyl or cyclic N) is 1. The van der Waals surface area contributed by atoms with Gasteiger partial charge in [-0.1, -0.05) is 6.42 Å². The first kappa shape index (κ1) is 17.9. The summed E-state index contributed by atoms with van der Waals surface area (Å²) in [5, 5.41) is 13.4. The number of hydrogen-bond donors (Lipinski definition) is 2. The summed E-state index contributed by atoms with van der Waals surface area (Å²) in [6.45, 7) is 5.78. The van der Waals surface area contributed by atoms with Gasteiger partial charge in [0.2, 0.25) is 0 Å². The van der Waals surface area contributed by atoms with Gasteiger partial charge in [0.05, 0.1) is 25.4 Å². The molecule has 1 aliphatic rings. The molecule has 5 heteroatoms. The molecule has 1 fully saturated rings. The predicted molar refractivity (Wildman–Crippen MR) is 81.1 cm³/mol. The van der Waals surface area contributed by atoms with Gasteiger partial charge in [0.25, 0.3) is 0 Å². The summed E-state index contributed by atoms with van der Waals surface area (Å²) in [5.41, 5.74) is 0. The van der Waals surface area contributed by atoms with Gasteiger partial charge >= 0.3 is 0 Å². The van der Waals surface area contributed by atoms with Gasteiger partial charge in [-0.05, 0) is 46.3 Å². The van der Waals surface area contributed by atoms with E-state index in [-0.39, 0.29) is 6.10 Å². The zero-order valence-electron chi connectivity index (χ0n) is 13.3. The van der Waals surface area contributed by atoms with Crippen molar-refractivity contribution in [1.82, 2.24) is 10.2 Å². The first-order chi connectivity index (χ1) is 9.67. The first-order valence-electron chi connectivity index (χ1n) is 7.84. The van der Waals surface area contributed by atoms with Crippen molar-refractivity contribution in [2.75, 3.05) is 47.0 Å². The smallest absolute Gasteiger partial charge is 0.0900 e. The molecule has 2 N–H and O–H groups in total. The molecule has 0 radical (unpaired) electrons. The van der Waals surface area contributed by atoms with Crippen molar-refractivity contribution >= 4 is 0 Å². The Bertz CT molecular complexity index is 241. The number of methoxy groups -OCH3 is 1.